The minimum atomic E-state index is -3.96. The second-order valence-corrected chi connectivity index (χ2v) is 6.50. The van der Waals surface area contributed by atoms with E-state index in [1.54, 1.807) is 42.5 Å². The van der Waals surface area contributed by atoms with Gasteiger partial charge in [0.15, 0.2) is 0 Å². The molecule has 0 atom stereocenters. The van der Waals surface area contributed by atoms with E-state index >= 15 is 0 Å². The number of hydrogen-bond donors (Lipinski definition) is 4. The van der Waals surface area contributed by atoms with Gasteiger partial charge in [0.05, 0.1) is 10.6 Å². The number of sulfonamides is 1. The highest BCUT2D eigenvalue weighted by Gasteiger charge is 2.18. The van der Waals surface area contributed by atoms with E-state index in [2.05, 4.69) is 10.9 Å². The maximum atomic E-state index is 12.0. The normalized spacial score (nSPS) is 10.7. The minimum absolute atomic E-state index is 0.0313. The van der Waals surface area contributed by atoms with Crippen molar-refractivity contribution < 1.29 is 18.0 Å². The van der Waals surface area contributed by atoms with Crippen LogP contribution in [-0.4, -0.2) is 20.2 Å². The van der Waals surface area contributed by atoms with Crippen molar-refractivity contribution in [1.29, 1.82) is 0 Å². The second-order valence-electron chi connectivity index (χ2n) is 4.82. The van der Waals surface area contributed by atoms with Gasteiger partial charge in [0.2, 0.25) is 0 Å². The van der Waals surface area contributed by atoms with Crippen molar-refractivity contribution in [2.24, 2.45) is 0 Å². The Kier molecular flexibility index (Phi) is 5.51. The Hall–Kier alpha value is -2.91. The van der Waals surface area contributed by atoms with Crippen molar-refractivity contribution in [3.63, 3.8) is 0 Å². The Morgan fingerprint density at radius 3 is 2.04 bits per heavy atom. The van der Waals surface area contributed by atoms with Crippen LogP contribution in [0.25, 0.3) is 0 Å². The number of aryl methyl sites for hydroxylation is 1. The molecule has 0 aliphatic carbocycles. The summed E-state index contributed by atoms with van der Waals surface area (Å²) < 4.78 is 24.0. The van der Waals surface area contributed by atoms with Crippen LogP contribution in [0, 0.1) is 6.92 Å². The lowest BCUT2D eigenvalue weighted by atomic mass is 10.2. The smallest absolute Gasteiger partial charge is 0.298 e. The van der Waals surface area contributed by atoms with Gasteiger partial charge >= 0.3 is 11.8 Å². The maximum absolute atomic E-state index is 12.0. The summed E-state index contributed by atoms with van der Waals surface area (Å²) in [5.41, 5.74) is 7.97. The van der Waals surface area contributed by atoms with E-state index in [1.807, 2.05) is 17.2 Å². The predicted molar refractivity (Wildman–Crippen MR) is 87.9 cm³/mol. The van der Waals surface area contributed by atoms with Gasteiger partial charge in [-0.25, -0.2) is 8.42 Å². The summed E-state index contributed by atoms with van der Waals surface area (Å²) in [5, 5.41) is 0. The lowest BCUT2D eigenvalue weighted by molar-refractivity contribution is -0.139. The molecule has 0 saturated carbocycles. The number of hydrogen-bond acceptors (Lipinski definition) is 5. The molecule has 126 valence electrons. The zero-order chi connectivity index (χ0) is 17.6. The van der Waals surface area contributed by atoms with Crippen LogP contribution < -0.4 is 21.1 Å². The van der Waals surface area contributed by atoms with Crippen LogP contribution in [0.5, 0.6) is 0 Å². The van der Waals surface area contributed by atoms with Crippen molar-refractivity contribution >= 4 is 27.5 Å². The van der Waals surface area contributed by atoms with Crippen LogP contribution >= 0.6 is 0 Å². The standard InChI is InChI=1S/C15H16N4O4S/c1-11-7-9-13(10-8-11)24(22,23)19-18-15(21)14(20)17-16-12-5-3-2-4-6-12/h2-10,16,19H,1H3,(H,17,20)(H,18,21). The zero-order valence-electron chi connectivity index (χ0n) is 12.7. The fourth-order valence-electron chi connectivity index (χ4n) is 1.65. The van der Waals surface area contributed by atoms with Gasteiger partial charge < -0.3 is 0 Å². The van der Waals surface area contributed by atoms with E-state index in [1.165, 1.54) is 12.1 Å². The highest BCUT2D eigenvalue weighted by Crippen LogP contribution is 2.08. The molecule has 0 aromatic heterocycles. The lowest BCUT2D eigenvalue weighted by Gasteiger charge is -2.10. The molecule has 4 N–H and O–H groups in total. The van der Waals surface area contributed by atoms with Crippen molar-refractivity contribution in [3.8, 4) is 0 Å². The van der Waals surface area contributed by atoms with E-state index in [0.717, 1.165) is 5.56 Å². The van der Waals surface area contributed by atoms with Crippen LogP contribution in [0.15, 0.2) is 59.5 Å². The number of para-hydroxylation sites is 1. The van der Waals surface area contributed by atoms with E-state index in [4.69, 9.17) is 0 Å². The Balaban J connectivity index is 1.87. The predicted octanol–water partition coefficient (Wildman–Crippen LogP) is 0.448. The largest absolute Gasteiger partial charge is 0.329 e. The molecule has 24 heavy (non-hydrogen) atoms. The molecule has 2 aromatic rings. The molecule has 2 rings (SSSR count). The molecule has 0 bridgehead atoms. The number of carbonyl (C=O) groups is 2. The summed E-state index contributed by atoms with van der Waals surface area (Å²) in [6.07, 6.45) is 0. The highest BCUT2D eigenvalue weighted by atomic mass is 32.2. The van der Waals surface area contributed by atoms with E-state index in [9.17, 15) is 18.0 Å². The van der Waals surface area contributed by atoms with Gasteiger partial charge in [-0.3, -0.25) is 25.9 Å². The van der Waals surface area contributed by atoms with E-state index in [-0.39, 0.29) is 4.90 Å². The number of carbonyl (C=O) groups excluding carboxylic acids is 2. The Morgan fingerprint density at radius 1 is 0.833 bits per heavy atom. The van der Waals surface area contributed by atoms with Crippen LogP contribution in [0.2, 0.25) is 0 Å². The number of anilines is 1. The molecule has 0 unspecified atom stereocenters. The quantitative estimate of drug-likeness (QED) is 0.462. The van der Waals surface area contributed by atoms with Gasteiger partial charge in [-0.15, -0.1) is 4.83 Å². The Bertz CT molecular complexity index is 820. The topological polar surface area (TPSA) is 116 Å². The third kappa shape index (κ3) is 4.80. The summed E-state index contributed by atoms with van der Waals surface area (Å²) in [6.45, 7) is 1.82. The number of amides is 2. The van der Waals surface area contributed by atoms with Crippen molar-refractivity contribution in [1.82, 2.24) is 15.7 Å². The molecule has 0 radical (unpaired) electrons. The number of hydrazine groups is 2. The highest BCUT2D eigenvalue weighted by molar-refractivity contribution is 7.89. The van der Waals surface area contributed by atoms with E-state index in [0.29, 0.717) is 5.69 Å². The van der Waals surface area contributed by atoms with Gasteiger partial charge in [-0.2, -0.15) is 0 Å². The number of rotatable bonds is 5. The van der Waals surface area contributed by atoms with Crippen molar-refractivity contribution in [3.05, 3.63) is 60.2 Å². The third-order valence-electron chi connectivity index (χ3n) is 2.93. The Labute approximate surface area is 139 Å². The summed E-state index contributed by atoms with van der Waals surface area (Å²) >= 11 is 0. The SMILES string of the molecule is Cc1ccc(S(=O)(=O)NNC(=O)C(=O)NNc2ccccc2)cc1. The fraction of sp³-hybridized carbons (Fsp3) is 0.0667. The number of nitrogens with one attached hydrogen (secondary N) is 4. The van der Waals surface area contributed by atoms with Crippen molar-refractivity contribution in [2.75, 3.05) is 5.43 Å². The second kappa shape index (κ2) is 7.57. The average molecular weight is 348 g/mol. The van der Waals surface area contributed by atoms with Gasteiger partial charge in [0.1, 0.15) is 0 Å². The molecule has 0 aliphatic heterocycles. The van der Waals surface area contributed by atoms with Crippen molar-refractivity contribution in [2.45, 2.75) is 11.8 Å². The van der Waals surface area contributed by atoms with Crippen LogP contribution in [0.1, 0.15) is 5.56 Å². The van der Waals surface area contributed by atoms with Crippen LogP contribution in [-0.2, 0) is 19.6 Å². The molecule has 2 aromatic carbocycles. The summed E-state index contributed by atoms with van der Waals surface area (Å²) in [4.78, 5) is 25.0. The molecule has 8 nitrogen and oxygen atoms in total. The van der Waals surface area contributed by atoms with Crippen LogP contribution in [0.3, 0.4) is 0 Å². The first-order chi connectivity index (χ1) is 11.4. The summed E-state index contributed by atoms with van der Waals surface area (Å²) in [7, 11) is -3.96. The molecule has 0 spiro atoms. The third-order valence-corrected chi connectivity index (χ3v) is 4.19. The first-order valence-electron chi connectivity index (χ1n) is 6.88. The molecule has 0 fully saturated rings. The molecular weight excluding hydrogens is 332 g/mol. The van der Waals surface area contributed by atoms with Gasteiger partial charge in [-0.05, 0) is 31.2 Å². The Morgan fingerprint density at radius 2 is 1.42 bits per heavy atom. The molecule has 9 heteroatoms. The van der Waals surface area contributed by atoms with Gasteiger partial charge in [-0.1, -0.05) is 35.9 Å². The molecule has 0 heterocycles. The number of benzene rings is 2. The van der Waals surface area contributed by atoms with E-state index < -0.39 is 21.8 Å². The monoisotopic (exact) mass is 348 g/mol. The summed E-state index contributed by atoms with van der Waals surface area (Å²) in [5.74, 6) is -2.21. The molecule has 2 amide bonds. The molecule has 0 saturated heterocycles. The van der Waals surface area contributed by atoms with Gasteiger partial charge in [0.25, 0.3) is 10.0 Å². The summed E-state index contributed by atoms with van der Waals surface area (Å²) in [6, 6.07) is 14.6. The van der Waals surface area contributed by atoms with Crippen LogP contribution in [0.4, 0.5) is 5.69 Å². The minimum Gasteiger partial charge on any atom is -0.298 e. The first-order valence-corrected chi connectivity index (χ1v) is 8.37. The first kappa shape index (κ1) is 17.4. The van der Waals surface area contributed by atoms with Gasteiger partial charge in [0, 0.05) is 0 Å². The zero-order valence-corrected chi connectivity index (χ0v) is 13.6. The fourth-order valence-corrected chi connectivity index (χ4v) is 2.49. The average Bonchev–Trinajstić information content (AvgIpc) is 2.59. The lowest BCUT2D eigenvalue weighted by Crippen LogP contribution is -2.49. The molecular formula is C15H16N4O4S. The molecule has 0 aliphatic rings. The maximum Gasteiger partial charge on any atom is 0.329 e.